The number of likely N-dealkylation sites (N-methyl/N-ethyl adjacent to an activating group) is 1. The van der Waals surface area contributed by atoms with Crippen LogP contribution in [-0.4, -0.2) is 59.2 Å². The van der Waals surface area contributed by atoms with E-state index in [1.807, 2.05) is 12.1 Å². The SMILES string of the molecule is Cc1noc2nc(-c3ccco3)cc(C(=O)NCc3cccnc3N3CCN(C)CC3)c12. The van der Waals surface area contributed by atoms with Crippen LogP contribution < -0.4 is 10.2 Å². The minimum Gasteiger partial charge on any atom is -0.463 e. The third kappa shape index (κ3) is 3.82. The molecule has 0 aromatic carbocycles. The molecule has 0 atom stereocenters. The van der Waals surface area contributed by atoms with Crippen molar-refractivity contribution in [3.05, 3.63) is 59.6 Å². The molecular formula is C23H24N6O3. The van der Waals surface area contributed by atoms with Gasteiger partial charge in [0.15, 0.2) is 5.76 Å². The van der Waals surface area contributed by atoms with Gasteiger partial charge in [-0.3, -0.25) is 4.79 Å². The summed E-state index contributed by atoms with van der Waals surface area (Å²) in [4.78, 5) is 26.9. The van der Waals surface area contributed by atoms with E-state index in [-0.39, 0.29) is 5.91 Å². The number of hydrogen-bond donors (Lipinski definition) is 1. The smallest absolute Gasteiger partial charge is 0.259 e. The first kappa shape index (κ1) is 20.2. The van der Waals surface area contributed by atoms with Gasteiger partial charge in [-0.2, -0.15) is 0 Å². The maximum Gasteiger partial charge on any atom is 0.259 e. The molecule has 9 nitrogen and oxygen atoms in total. The zero-order valence-corrected chi connectivity index (χ0v) is 18.0. The third-order valence-electron chi connectivity index (χ3n) is 5.75. The van der Waals surface area contributed by atoms with Crippen molar-refractivity contribution < 1.29 is 13.7 Å². The Labute approximate surface area is 185 Å². The summed E-state index contributed by atoms with van der Waals surface area (Å²) in [5.74, 6) is 1.24. The van der Waals surface area contributed by atoms with Gasteiger partial charge in [-0.15, -0.1) is 0 Å². The Kier molecular flexibility index (Phi) is 5.32. The molecule has 1 aliphatic rings. The largest absolute Gasteiger partial charge is 0.463 e. The van der Waals surface area contributed by atoms with Crippen molar-refractivity contribution in [2.45, 2.75) is 13.5 Å². The highest BCUT2D eigenvalue weighted by molar-refractivity contribution is 6.06. The summed E-state index contributed by atoms with van der Waals surface area (Å²) in [5.41, 5.74) is 2.86. The van der Waals surface area contributed by atoms with E-state index < -0.39 is 0 Å². The van der Waals surface area contributed by atoms with Crippen LogP contribution in [0.15, 0.2) is 51.7 Å². The molecule has 4 aromatic heterocycles. The average molecular weight is 432 g/mol. The molecule has 0 unspecified atom stereocenters. The van der Waals surface area contributed by atoms with Crippen LogP contribution in [-0.2, 0) is 6.54 Å². The van der Waals surface area contributed by atoms with Crippen LogP contribution in [0.25, 0.3) is 22.6 Å². The standard InChI is InChI=1S/C23H24N6O3/c1-15-20-17(13-18(19-6-4-12-31-19)26-23(20)32-27-15)22(30)25-14-16-5-3-7-24-21(16)29-10-8-28(2)9-11-29/h3-7,12-13H,8-11,14H2,1-2H3,(H,25,30). The van der Waals surface area contributed by atoms with Crippen molar-refractivity contribution in [1.82, 2.24) is 25.3 Å². The van der Waals surface area contributed by atoms with Gasteiger partial charge in [-0.25, -0.2) is 9.97 Å². The lowest BCUT2D eigenvalue weighted by molar-refractivity contribution is 0.0952. The highest BCUT2D eigenvalue weighted by Crippen LogP contribution is 2.27. The maximum atomic E-state index is 13.3. The first-order chi connectivity index (χ1) is 15.6. The lowest BCUT2D eigenvalue weighted by Gasteiger charge is -2.34. The number of fused-ring (bicyclic) bond motifs is 1. The number of hydrogen-bond acceptors (Lipinski definition) is 8. The second-order valence-corrected chi connectivity index (χ2v) is 7.94. The van der Waals surface area contributed by atoms with Gasteiger partial charge >= 0.3 is 0 Å². The van der Waals surface area contributed by atoms with E-state index in [0.717, 1.165) is 37.6 Å². The van der Waals surface area contributed by atoms with Crippen LogP contribution in [0.3, 0.4) is 0 Å². The fourth-order valence-electron chi connectivity index (χ4n) is 3.97. The lowest BCUT2D eigenvalue weighted by Crippen LogP contribution is -2.45. The zero-order chi connectivity index (χ0) is 22.1. The summed E-state index contributed by atoms with van der Waals surface area (Å²) in [5, 5.41) is 7.63. The molecule has 0 aliphatic carbocycles. The molecule has 1 saturated heterocycles. The molecule has 1 amide bonds. The van der Waals surface area contributed by atoms with E-state index in [0.29, 0.717) is 40.4 Å². The van der Waals surface area contributed by atoms with Crippen LogP contribution in [0, 0.1) is 6.92 Å². The quantitative estimate of drug-likeness (QED) is 0.514. The number of amides is 1. The molecule has 4 aromatic rings. The normalized spacial score (nSPS) is 14.8. The van der Waals surface area contributed by atoms with Crippen LogP contribution in [0.2, 0.25) is 0 Å². The Hall–Kier alpha value is -3.72. The lowest BCUT2D eigenvalue weighted by atomic mass is 10.1. The Morgan fingerprint density at radius 2 is 2.03 bits per heavy atom. The average Bonchev–Trinajstić information content (AvgIpc) is 3.48. The number of anilines is 1. The van der Waals surface area contributed by atoms with Crippen LogP contribution >= 0.6 is 0 Å². The summed E-state index contributed by atoms with van der Waals surface area (Å²) in [6, 6.07) is 9.17. The number of aromatic nitrogens is 3. The van der Waals surface area contributed by atoms with Gasteiger partial charge < -0.3 is 24.1 Å². The van der Waals surface area contributed by atoms with Gasteiger partial charge in [-0.05, 0) is 38.2 Å². The fourth-order valence-corrected chi connectivity index (χ4v) is 3.97. The summed E-state index contributed by atoms with van der Waals surface area (Å²) in [6.07, 6.45) is 3.36. The molecule has 0 spiro atoms. The third-order valence-corrected chi connectivity index (χ3v) is 5.75. The van der Waals surface area contributed by atoms with Crippen LogP contribution in [0.5, 0.6) is 0 Å². The molecule has 0 saturated carbocycles. The second-order valence-electron chi connectivity index (χ2n) is 7.94. The molecule has 0 bridgehead atoms. The van der Waals surface area contributed by atoms with Gasteiger partial charge in [0.05, 0.1) is 22.9 Å². The molecule has 1 aliphatic heterocycles. The molecule has 32 heavy (non-hydrogen) atoms. The number of carbonyl (C=O) groups is 1. The number of nitrogens with zero attached hydrogens (tertiary/aromatic N) is 5. The number of pyridine rings is 2. The van der Waals surface area contributed by atoms with Gasteiger partial charge in [0.1, 0.15) is 11.5 Å². The van der Waals surface area contributed by atoms with E-state index in [9.17, 15) is 4.79 Å². The summed E-state index contributed by atoms with van der Waals surface area (Å²) in [7, 11) is 2.12. The van der Waals surface area contributed by atoms with E-state index >= 15 is 0 Å². The summed E-state index contributed by atoms with van der Waals surface area (Å²) < 4.78 is 10.8. The minimum absolute atomic E-state index is 0.232. The first-order valence-corrected chi connectivity index (χ1v) is 10.6. The second kappa shape index (κ2) is 8.43. The van der Waals surface area contributed by atoms with Crippen molar-refractivity contribution >= 4 is 22.8 Å². The first-order valence-electron chi connectivity index (χ1n) is 10.6. The number of nitrogens with one attached hydrogen (secondary N) is 1. The number of aryl methyl sites for hydroxylation is 1. The Balaban J connectivity index is 1.41. The molecule has 5 heterocycles. The summed E-state index contributed by atoms with van der Waals surface area (Å²) in [6.45, 7) is 5.94. The number of rotatable bonds is 5. The van der Waals surface area contributed by atoms with E-state index in [1.165, 1.54) is 0 Å². The predicted octanol–water partition coefficient (Wildman–Crippen LogP) is 2.87. The molecule has 5 rings (SSSR count). The molecule has 1 N–H and O–H groups in total. The van der Waals surface area contributed by atoms with E-state index in [1.54, 1.807) is 37.6 Å². The number of piperazine rings is 1. The zero-order valence-electron chi connectivity index (χ0n) is 18.0. The molecule has 1 fully saturated rings. The predicted molar refractivity (Wildman–Crippen MR) is 119 cm³/mol. The van der Waals surface area contributed by atoms with Gasteiger partial charge in [-0.1, -0.05) is 11.2 Å². The van der Waals surface area contributed by atoms with Crippen molar-refractivity contribution in [2.75, 3.05) is 38.1 Å². The van der Waals surface area contributed by atoms with Gasteiger partial charge in [0.2, 0.25) is 0 Å². The van der Waals surface area contributed by atoms with Crippen molar-refractivity contribution in [3.63, 3.8) is 0 Å². The molecule has 9 heteroatoms. The van der Waals surface area contributed by atoms with Gasteiger partial charge in [0.25, 0.3) is 11.6 Å². The van der Waals surface area contributed by atoms with Crippen LogP contribution in [0.4, 0.5) is 5.82 Å². The topological polar surface area (TPSA) is 101 Å². The summed E-state index contributed by atoms with van der Waals surface area (Å²) >= 11 is 0. The highest BCUT2D eigenvalue weighted by Gasteiger charge is 2.22. The number of furan rings is 1. The maximum absolute atomic E-state index is 13.3. The van der Waals surface area contributed by atoms with Crippen molar-refractivity contribution in [3.8, 4) is 11.5 Å². The Morgan fingerprint density at radius 3 is 2.81 bits per heavy atom. The molecule has 164 valence electrons. The molecule has 0 radical (unpaired) electrons. The van der Waals surface area contributed by atoms with Gasteiger partial charge in [0, 0.05) is 44.5 Å². The van der Waals surface area contributed by atoms with Crippen molar-refractivity contribution in [1.29, 1.82) is 0 Å². The van der Waals surface area contributed by atoms with E-state index in [2.05, 4.69) is 37.3 Å². The van der Waals surface area contributed by atoms with Crippen molar-refractivity contribution in [2.24, 2.45) is 0 Å². The van der Waals surface area contributed by atoms with Crippen LogP contribution in [0.1, 0.15) is 21.6 Å². The minimum atomic E-state index is -0.232. The monoisotopic (exact) mass is 432 g/mol. The fraction of sp³-hybridized carbons (Fsp3) is 0.304. The highest BCUT2D eigenvalue weighted by atomic mass is 16.5. The molecular weight excluding hydrogens is 408 g/mol. The van der Waals surface area contributed by atoms with E-state index in [4.69, 9.17) is 8.94 Å². The number of carbonyl (C=O) groups excluding carboxylic acids is 1. The Morgan fingerprint density at radius 1 is 1.19 bits per heavy atom. The Bertz CT molecular complexity index is 1240.